The van der Waals surface area contributed by atoms with Crippen molar-refractivity contribution in [2.45, 2.75) is 19.8 Å². The average Bonchev–Trinajstić information content (AvgIpc) is 2.43. The predicted molar refractivity (Wildman–Crippen MR) is 78.7 cm³/mol. The SMILES string of the molecule is CCCc1c(O)ccc(C(=O)c2ccccc2Cl)c1O. The minimum atomic E-state index is -0.356. The van der Waals surface area contributed by atoms with Crippen molar-refractivity contribution in [3.8, 4) is 11.5 Å². The lowest BCUT2D eigenvalue weighted by molar-refractivity contribution is 0.103. The van der Waals surface area contributed by atoms with Crippen molar-refractivity contribution in [1.29, 1.82) is 0 Å². The van der Waals surface area contributed by atoms with E-state index in [1.54, 1.807) is 24.3 Å². The molecular formula is C16H15ClO3. The molecule has 0 atom stereocenters. The Hall–Kier alpha value is -2.00. The van der Waals surface area contributed by atoms with Gasteiger partial charge < -0.3 is 10.2 Å². The predicted octanol–water partition coefficient (Wildman–Crippen LogP) is 3.93. The van der Waals surface area contributed by atoms with Crippen LogP contribution in [0, 0.1) is 0 Å². The summed E-state index contributed by atoms with van der Waals surface area (Å²) < 4.78 is 0. The number of rotatable bonds is 4. The Morgan fingerprint density at radius 3 is 2.45 bits per heavy atom. The van der Waals surface area contributed by atoms with Gasteiger partial charge in [0.05, 0.1) is 10.6 Å². The topological polar surface area (TPSA) is 57.5 Å². The van der Waals surface area contributed by atoms with E-state index < -0.39 is 0 Å². The molecule has 0 aliphatic heterocycles. The molecule has 2 N–H and O–H groups in total. The summed E-state index contributed by atoms with van der Waals surface area (Å²) in [4.78, 5) is 12.4. The third-order valence-electron chi connectivity index (χ3n) is 3.12. The van der Waals surface area contributed by atoms with Gasteiger partial charge in [-0.25, -0.2) is 0 Å². The highest BCUT2D eigenvalue weighted by Crippen LogP contribution is 2.33. The van der Waals surface area contributed by atoms with E-state index in [2.05, 4.69) is 0 Å². The van der Waals surface area contributed by atoms with Crippen LogP contribution in [-0.2, 0) is 6.42 Å². The zero-order chi connectivity index (χ0) is 14.7. The molecule has 0 fully saturated rings. The summed E-state index contributed by atoms with van der Waals surface area (Å²) in [5.41, 5.74) is 0.877. The second-order valence-corrected chi connectivity index (χ2v) is 4.93. The summed E-state index contributed by atoms with van der Waals surface area (Å²) in [5, 5.41) is 20.3. The lowest BCUT2D eigenvalue weighted by atomic mass is 9.97. The van der Waals surface area contributed by atoms with Crippen LogP contribution in [0.3, 0.4) is 0 Å². The number of aromatic hydroxyl groups is 2. The fourth-order valence-electron chi connectivity index (χ4n) is 2.10. The number of halogens is 1. The maximum absolute atomic E-state index is 12.4. The maximum atomic E-state index is 12.4. The molecule has 2 aromatic carbocycles. The molecule has 0 aliphatic rings. The van der Waals surface area contributed by atoms with Gasteiger partial charge in [-0.15, -0.1) is 0 Å². The Balaban J connectivity index is 2.51. The van der Waals surface area contributed by atoms with Crippen molar-refractivity contribution < 1.29 is 15.0 Å². The number of phenols is 2. The first kappa shape index (κ1) is 14.4. The molecule has 3 nitrogen and oxygen atoms in total. The molecule has 104 valence electrons. The van der Waals surface area contributed by atoms with Gasteiger partial charge in [-0.05, 0) is 30.7 Å². The minimum absolute atomic E-state index is 0.0000543. The van der Waals surface area contributed by atoms with Gasteiger partial charge in [-0.1, -0.05) is 37.1 Å². The van der Waals surface area contributed by atoms with Gasteiger partial charge in [0.1, 0.15) is 11.5 Å². The molecule has 0 bridgehead atoms. The Morgan fingerprint density at radius 2 is 1.80 bits per heavy atom. The number of benzene rings is 2. The monoisotopic (exact) mass is 290 g/mol. The molecule has 0 amide bonds. The molecule has 0 unspecified atom stereocenters. The van der Waals surface area contributed by atoms with Crippen molar-refractivity contribution >= 4 is 17.4 Å². The van der Waals surface area contributed by atoms with Gasteiger partial charge >= 0.3 is 0 Å². The molecule has 0 radical (unpaired) electrons. The third kappa shape index (κ3) is 2.63. The summed E-state index contributed by atoms with van der Waals surface area (Å²) in [6.07, 6.45) is 1.26. The van der Waals surface area contributed by atoms with Crippen LogP contribution in [0.1, 0.15) is 34.8 Å². The van der Waals surface area contributed by atoms with Crippen molar-refractivity contribution in [2.75, 3.05) is 0 Å². The number of hydrogen-bond acceptors (Lipinski definition) is 3. The highest BCUT2D eigenvalue weighted by molar-refractivity contribution is 6.35. The quantitative estimate of drug-likeness (QED) is 0.839. The van der Waals surface area contributed by atoms with Crippen LogP contribution in [-0.4, -0.2) is 16.0 Å². The van der Waals surface area contributed by atoms with E-state index in [1.165, 1.54) is 12.1 Å². The molecule has 2 rings (SSSR count). The van der Waals surface area contributed by atoms with E-state index in [9.17, 15) is 15.0 Å². The molecule has 0 heterocycles. The normalized spacial score (nSPS) is 10.5. The van der Waals surface area contributed by atoms with E-state index >= 15 is 0 Å². The average molecular weight is 291 g/mol. The molecule has 20 heavy (non-hydrogen) atoms. The third-order valence-corrected chi connectivity index (χ3v) is 3.45. The summed E-state index contributed by atoms with van der Waals surface area (Å²) >= 11 is 6.00. The first-order chi connectivity index (χ1) is 9.56. The molecule has 4 heteroatoms. The smallest absolute Gasteiger partial charge is 0.198 e. The maximum Gasteiger partial charge on any atom is 0.198 e. The van der Waals surface area contributed by atoms with E-state index in [-0.39, 0.29) is 22.8 Å². The summed E-state index contributed by atoms with van der Waals surface area (Å²) in [5.74, 6) is -0.526. The molecule has 0 saturated carbocycles. The molecule has 0 spiro atoms. The van der Waals surface area contributed by atoms with Crippen LogP contribution in [0.4, 0.5) is 0 Å². The minimum Gasteiger partial charge on any atom is -0.508 e. The van der Waals surface area contributed by atoms with Crippen LogP contribution < -0.4 is 0 Å². The Labute approximate surface area is 122 Å². The zero-order valence-electron chi connectivity index (χ0n) is 11.1. The van der Waals surface area contributed by atoms with Gasteiger partial charge in [-0.2, -0.15) is 0 Å². The number of ketones is 1. The number of hydrogen-bond donors (Lipinski definition) is 2. The molecule has 0 aromatic heterocycles. The van der Waals surface area contributed by atoms with Crippen LogP contribution in [0.5, 0.6) is 11.5 Å². The lowest BCUT2D eigenvalue weighted by Gasteiger charge is -2.11. The van der Waals surface area contributed by atoms with Crippen molar-refractivity contribution in [3.05, 3.63) is 58.1 Å². The largest absolute Gasteiger partial charge is 0.508 e. The Bertz CT molecular complexity index is 650. The van der Waals surface area contributed by atoms with Crippen molar-refractivity contribution in [3.63, 3.8) is 0 Å². The van der Waals surface area contributed by atoms with Gasteiger partial charge in [-0.3, -0.25) is 4.79 Å². The molecule has 0 aliphatic carbocycles. The van der Waals surface area contributed by atoms with E-state index in [0.717, 1.165) is 6.42 Å². The van der Waals surface area contributed by atoms with Crippen LogP contribution in [0.25, 0.3) is 0 Å². The van der Waals surface area contributed by atoms with Gasteiger partial charge in [0.15, 0.2) is 5.78 Å². The summed E-state index contributed by atoms with van der Waals surface area (Å²) in [7, 11) is 0. The second kappa shape index (κ2) is 5.97. The van der Waals surface area contributed by atoms with Crippen LogP contribution in [0.15, 0.2) is 36.4 Å². The zero-order valence-corrected chi connectivity index (χ0v) is 11.8. The Kier molecular flexibility index (Phi) is 4.30. The molecule has 2 aromatic rings. The summed E-state index contributed by atoms with van der Waals surface area (Å²) in [6.45, 7) is 1.93. The number of carbonyl (C=O) groups is 1. The van der Waals surface area contributed by atoms with E-state index in [0.29, 0.717) is 22.6 Å². The highest BCUT2D eigenvalue weighted by atomic mass is 35.5. The first-order valence-electron chi connectivity index (χ1n) is 6.39. The van der Waals surface area contributed by atoms with E-state index in [1.807, 2.05) is 6.92 Å². The van der Waals surface area contributed by atoms with Crippen LogP contribution >= 0.6 is 11.6 Å². The number of carbonyl (C=O) groups excluding carboxylic acids is 1. The van der Waals surface area contributed by atoms with Gasteiger partial charge in [0.2, 0.25) is 0 Å². The first-order valence-corrected chi connectivity index (χ1v) is 6.77. The van der Waals surface area contributed by atoms with Gasteiger partial charge in [0, 0.05) is 11.1 Å². The highest BCUT2D eigenvalue weighted by Gasteiger charge is 2.19. The van der Waals surface area contributed by atoms with Gasteiger partial charge in [0.25, 0.3) is 0 Å². The standard InChI is InChI=1S/C16H15ClO3/c1-2-5-11-14(18)9-8-12(16(11)20)15(19)10-6-3-4-7-13(10)17/h3-4,6-9,18,20H,2,5H2,1H3. The molecule has 0 saturated heterocycles. The second-order valence-electron chi connectivity index (χ2n) is 4.52. The van der Waals surface area contributed by atoms with E-state index in [4.69, 9.17) is 11.6 Å². The number of phenolic OH excluding ortho intramolecular Hbond substituents is 2. The summed E-state index contributed by atoms with van der Waals surface area (Å²) in [6, 6.07) is 9.52. The lowest BCUT2D eigenvalue weighted by Crippen LogP contribution is -2.04. The fraction of sp³-hybridized carbons (Fsp3) is 0.188. The van der Waals surface area contributed by atoms with Crippen LogP contribution in [0.2, 0.25) is 5.02 Å². The van der Waals surface area contributed by atoms with Crippen molar-refractivity contribution in [2.24, 2.45) is 0 Å². The van der Waals surface area contributed by atoms with Crippen molar-refractivity contribution in [1.82, 2.24) is 0 Å². The fourth-order valence-corrected chi connectivity index (χ4v) is 2.32. The molecular weight excluding hydrogens is 276 g/mol. The Morgan fingerprint density at radius 1 is 1.10 bits per heavy atom.